The third-order valence-electron chi connectivity index (χ3n) is 3.72. The van der Waals surface area contributed by atoms with Gasteiger partial charge < -0.3 is 14.7 Å². The van der Waals surface area contributed by atoms with Gasteiger partial charge in [0.1, 0.15) is 0 Å². The number of hydrogen-bond acceptors (Lipinski definition) is 3. The van der Waals surface area contributed by atoms with Crippen LogP contribution in [0.4, 0.5) is 5.69 Å². The molecule has 0 unspecified atom stereocenters. The average Bonchev–Trinajstić information content (AvgIpc) is 3.08. The van der Waals surface area contributed by atoms with E-state index in [0.29, 0.717) is 0 Å². The highest BCUT2D eigenvalue weighted by atomic mass is 35.5. The van der Waals surface area contributed by atoms with Gasteiger partial charge in [-0.3, -0.25) is 0 Å². The van der Waals surface area contributed by atoms with E-state index >= 15 is 0 Å². The van der Waals surface area contributed by atoms with E-state index in [1.807, 2.05) is 6.07 Å². The SMILES string of the molecule is OC1(Cc2ccc(N3CCOCC3)c(Cl)c2)CC1. The van der Waals surface area contributed by atoms with E-state index in [4.69, 9.17) is 16.3 Å². The highest BCUT2D eigenvalue weighted by molar-refractivity contribution is 6.33. The molecule has 18 heavy (non-hydrogen) atoms. The van der Waals surface area contributed by atoms with Gasteiger partial charge in [-0.15, -0.1) is 0 Å². The molecule has 1 aromatic rings. The maximum atomic E-state index is 9.92. The molecule has 3 rings (SSSR count). The molecule has 4 heteroatoms. The van der Waals surface area contributed by atoms with Gasteiger partial charge in [0.25, 0.3) is 0 Å². The van der Waals surface area contributed by atoms with Crippen molar-refractivity contribution in [3.8, 4) is 0 Å². The van der Waals surface area contributed by atoms with E-state index in [2.05, 4.69) is 17.0 Å². The number of anilines is 1. The van der Waals surface area contributed by atoms with Crippen molar-refractivity contribution in [2.75, 3.05) is 31.2 Å². The number of hydrogen-bond donors (Lipinski definition) is 1. The fourth-order valence-electron chi connectivity index (χ4n) is 2.42. The molecular weight excluding hydrogens is 250 g/mol. The predicted octanol–water partition coefficient (Wildman–Crippen LogP) is 2.24. The lowest BCUT2D eigenvalue weighted by molar-refractivity contribution is 0.122. The maximum Gasteiger partial charge on any atom is 0.0690 e. The first kappa shape index (κ1) is 12.3. The minimum absolute atomic E-state index is 0.455. The molecule has 0 spiro atoms. The standard InChI is InChI=1S/C14H18ClNO2/c15-12-9-11(10-14(17)3-4-14)1-2-13(12)16-5-7-18-8-6-16/h1-2,9,17H,3-8,10H2. The van der Waals surface area contributed by atoms with Gasteiger partial charge in [-0.25, -0.2) is 0 Å². The minimum Gasteiger partial charge on any atom is -0.390 e. The van der Waals surface area contributed by atoms with Crippen LogP contribution in [0.3, 0.4) is 0 Å². The van der Waals surface area contributed by atoms with Crippen LogP contribution in [0.15, 0.2) is 18.2 Å². The summed E-state index contributed by atoms with van der Waals surface area (Å²) in [5.41, 5.74) is 1.74. The zero-order valence-corrected chi connectivity index (χ0v) is 11.1. The van der Waals surface area contributed by atoms with Gasteiger partial charge in [-0.2, -0.15) is 0 Å². The van der Waals surface area contributed by atoms with Crippen molar-refractivity contribution in [3.63, 3.8) is 0 Å². The second-order valence-corrected chi connectivity index (χ2v) is 5.69. The van der Waals surface area contributed by atoms with Crippen LogP contribution in [0.5, 0.6) is 0 Å². The molecule has 0 radical (unpaired) electrons. The fourth-order valence-corrected chi connectivity index (χ4v) is 2.74. The molecule has 2 fully saturated rings. The zero-order chi connectivity index (χ0) is 12.6. The first-order chi connectivity index (χ1) is 8.66. The molecular formula is C14H18ClNO2. The second-order valence-electron chi connectivity index (χ2n) is 5.29. The van der Waals surface area contributed by atoms with Crippen molar-refractivity contribution in [3.05, 3.63) is 28.8 Å². The molecule has 1 heterocycles. The van der Waals surface area contributed by atoms with Crippen LogP contribution in [-0.2, 0) is 11.2 Å². The second kappa shape index (κ2) is 4.72. The number of aliphatic hydroxyl groups is 1. The number of rotatable bonds is 3. The summed E-state index contributed by atoms with van der Waals surface area (Å²) >= 11 is 6.35. The van der Waals surface area contributed by atoms with E-state index in [-0.39, 0.29) is 0 Å². The predicted molar refractivity (Wildman–Crippen MR) is 72.4 cm³/mol. The van der Waals surface area contributed by atoms with Gasteiger partial charge in [-0.05, 0) is 30.5 Å². The van der Waals surface area contributed by atoms with Crippen molar-refractivity contribution in [2.45, 2.75) is 24.9 Å². The molecule has 0 amide bonds. The van der Waals surface area contributed by atoms with Crippen molar-refractivity contribution in [2.24, 2.45) is 0 Å². The van der Waals surface area contributed by atoms with Gasteiger partial charge in [0.05, 0.1) is 29.5 Å². The summed E-state index contributed by atoms with van der Waals surface area (Å²) in [7, 11) is 0. The van der Waals surface area contributed by atoms with Gasteiger partial charge >= 0.3 is 0 Å². The Balaban J connectivity index is 1.75. The lowest BCUT2D eigenvalue weighted by Crippen LogP contribution is -2.36. The fraction of sp³-hybridized carbons (Fsp3) is 0.571. The van der Waals surface area contributed by atoms with Gasteiger partial charge in [-0.1, -0.05) is 17.7 Å². The Labute approximate surface area is 112 Å². The lowest BCUT2D eigenvalue weighted by atomic mass is 10.1. The Bertz CT molecular complexity index is 439. The molecule has 3 nitrogen and oxygen atoms in total. The third kappa shape index (κ3) is 2.63. The van der Waals surface area contributed by atoms with Crippen LogP contribution in [-0.4, -0.2) is 37.0 Å². The van der Waals surface area contributed by atoms with Crippen LogP contribution >= 0.6 is 11.6 Å². The molecule has 0 aromatic heterocycles. The Hall–Kier alpha value is -0.770. The Morgan fingerprint density at radius 1 is 1.28 bits per heavy atom. The minimum atomic E-state index is -0.455. The molecule has 0 atom stereocenters. The summed E-state index contributed by atoms with van der Waals surface area (Å²) in [6.07, 6.45) is 2.54. The van der Waals surface area contributed by atoms with Gasteiger partial charge in [0.2, 0.25) is 0 Å². The summed E-state index contributed by atoms with van der Waals surface area (Å²) in [6.45, 7) is 3.31. The average molecular weight is 268 g/mol. The summed E-state index contributed by atoms with van der Waals surface area (Å²) in [6, 6.07) is 6.13. The molecule has 1 saturated heterocycles. The molecule has 1 aromatic carbocycles. The third-order valence-corrected chi connectivity index (χ3v) is 4.03. The first-order valence-corrected chi connectivity index (χ1v) is 6.88. The topological polar surface area (TPSA) is 32.7 Å². The van der Waals surface area contributed by atoms with E-state index in [9.17, 15) is 5.11 Å². The van der Waals surface area contributed by atoms with Crippen LogP contribution < -0.4 is 4.90 Å². The quantitative estimate of drug-likeness (QED) is 0.912. The largest absolute Gasteiger partial charge is 0.390 e. The van der Waals surface area contributed by atoms with E-state index in [0.717, 1.165) is 61.8 Å². The molecule has 2 aliphatic rings. The number of morpholine rings is 1. The van der Waals surface area contributed by atoms with Crippen molar-refractivity contribution >= 4 is 17.3 Å². The van der Waals surface area contributed by atoms with Crippen molar-refractivity contribution < 1.29 is 9.84 Å². The maximum absolute atomic E-state index is 9.92. The lowest BCUT2D eigenvalue weighted by Gasteiger charge is -2.29. The Kier molecular flexibility index (Phi) is 3.22. The smallest absolute Gasteiger partial charge is 0.0690 e. The van der Waals surface area contributed by atoms with Crippen LogP contribution in [0.25, 0.3) is 0 Å². The molecule has 98 valence electrons. The number of halogens is 1. The Morgan fingerprint density at radius 3 is 2.61 bits per heavy atom. The molecule has 0 bridgehead atoms. The Morgan fingerprint density at radius 2 is 2.00 bits per heavy atom. The van der Waals surface area contributed by atoms with Gasteiger partial charge in [0, 0.05) is 19.5 Å². The summed E-state index contributed by atoms with van der Waals surface area (Å²) < 4.78 is 5.34. The molecule has 1 aliphatic heterocycles. The number of benzene rings is 1. The summed E-state index contributed by atoms with van der Waals surface area (Å²) in [4.78, 5) is 2.25. The summed E-state index contributed by atoms with van der Waals surface area (Å²) in [5.74, 6) is 0. The highest BCUT2D eigenvalue weighted by Gasteiger charge is 2.40. The molecule has 1 N–H and O–H groups in total. The van der Waals surface area contributed by atoms with Crippen LogP contribution in [0.2, 0.25) is 5.02 Å². The van der Waals surface area contributed by atoms with E-state index in [1.54, 1.807) is 0 Å². The first-order valence-electron chi connectivity index (χ1n) is 6.50. The monoisotopic (exact) mass is 267 g/mol. The summed E-state index contributed by atoms with van der Waals surface area (Å²) in [5, 5.41) is 10.7. The molecule has 1 aliphatic carbocycles. The van der Waals surface area contributed by atoms with Crippen LogP contribution in [0, 0.1) is 0 Å². The zero-order valence-electron chi connectivity index (χ0n) is 10.4. The van der Waals surface area contributed by atoms with Gasteiger partial charge in [0.15, 0.2) is 0 Å². The van der Waals surface area contributed by atoms with E-state index in [1.165, 1.54) is 0 Å². The number of ether oxygens (including phenoxy) is 1. The molecule has 1 saturated carbocycles. The number of nitrogens with zero attached hydrogens (tertiary/aromatic N) is 1. The van der Waals surface area contributed by atoms with Crippen LogP contribution in [0.1, 0.15) is 18.4 Å². The van der Waals surface area contributed by atoms with Crippen molar-refractivity contribution in [1.82, 2.24) is 0 Å². The van der Waals surface area contributed by atoms with Crippen molar-refractivity contribution in [1.29, 1.82) is 0 Å². The highest BCUT2D eigenvalue weighted by Crippen LogP contribution is 2.39. The normalized spacial score (nSPS) is 22.0. The van der Waals surface area contributed by atoms with E-state index < -0.39 is 5.60 Å².